The Hall–Kier alpha value is -4.12. The molecule has 0 aliphatic carbocycles. The van der Waals surface area contributed by atoms with Gasteiger partial charge in [0.1, 0.15) is 0 Å². The summed E-state index contributed by atoms with van der Waals surface area (Å²) in [6, 6.07) is 13.1. The number of aryl methyl sites for hydroxylation is 3. The average Bonchev–Trinajstić information content (AvgIpc) is 3.54. The maximum absolute atomic E-state index is 14.0. The van der Waals surface area contributed by atoms with Crippen molar-refractivity contribution < 1.29 is 13.2 Å². The first-order valence-corrected chi connectivity index (χ1v) is 14.4. The Morgan fingerprint density at radius 1 is 1.03 bits per heavy atom. The van der Waals surface area contributed by atoms with Crippen LogP contribution in [-0.2, 0) is 35.5 Å². The van der Waals surface area contributed by atoms with Crippen LogP contribution in [0.15, 0.2) is 71.0 Å². The molecule has 204 valence electrons. The first kappa shape index (κ1) is 26.5. The Bertz CT molecular complexity index is 1860. The van der Waals surface area contributed by atoms with Crippen LogP contribution in [0.4, 0.5) is 0 Å². The maximum Gasteiger partial charge on any atom is 0.329 e. The van der Waals surface area contributed by atoms with E-state index in [-0.39, 0.29) is 17.1 Å². The third kappa shape index (κ3) is 4.89. The zero-order valence-electron chi connectivity index (χ0n) is 22.5. The molecule has 10 nitrogen and oxygen atoms in total. The van der Waals surface area contributed by atoms with E-state index in [1.165, 1.54) is 17.1 Å². The van der Waals surface area contributed by atoms with Crippen LogP contribution in [0.5, 0.6) is 0 Å². The van der Waals surface area contributed by atoms with Gasteiger partial charge in [-0.05, 0) is 42.7 Å². The summed E-state index contributed by atoms with van der Waals surface area (Å²) in [5.41, 5.74) is 4.49. The number of carbonyl (C=O) groups is 1. The van der Waals surface area contributed by atoms with Crippen LogP contribution >= 0.6 is 0 Å². The van der Waals surface area contributed by atoms with Crippen molar-refractivity contribution in [3.8, 4) is 0 Å². The van der Waals surface area contributed by atoms with E-state index in [1.807, 2.05) is 44.3 Å². The van der Waals surface area contributed by atoms with Crippen molar-refractivity contribution in [2.75, 3.05) is 0 Å². The van der Waals surface area contributed by atoms with Gasteiger partial charge in [-0.2, -0.15) is 8.42 Å². The standard InChI is InChI=1S/C28H32N6O4S/c1-5-9-21(14-25(35)30-39(37,38)26-17-31(3)18-29-26)34-23-12-7-6-11-22(23)33(28(34)36)16-20-15-32(4)24-13-8-10-19(2)27(20)24/h6-8,10-13,15,17-18,21H,5,9,14,16H2,1-4H3,(H,30,35)/t21-/m0/s1. The largest absolute Gasteiger partial charge is 0.350 e. The Morgan fingerprint density at radius 2 is 1.74 bits per heavy atom. The van der Waals surface area contributed by atoms with Crippen molar-refractivity contribution in [2.24, 2.45) is 14.1 Å². The topological polar surface area (TPSA) is 113 Å². The van der Waals surface area contributed by atoms with E-state index in [2.05, 4.69) is 39.5 Å². The summed E-state index contributed by atoms with van der Waals surface area (Å²) in [4.78, 5) is 30.8. The predicted molar refractivity (Wildman–Crippen MR) is 150 cm³/mol. The van der Waals surface area contributed by atoms with Gasteiger partial charge in [-0.25, -0.2) is 14.5 Å². The molecule has 1 amide bonds. The number of benzene rings is 2. The van der Waals surface area contributed by atoms with Gasteiger partial charge in [0.05, 0.1) is 23.9 Å². The molecule has 0 bridgehead atoms. The highest BCUT2D eigenvalue weighted by Crippen LogP contribution is 2.28. The molecule has 0 saturated heterocycles. The number of imidazole rings is 2. The third-order valence-corrected chi connectivity index (χ3v) is 8.37. The molecule has 1 atom stereocenters. The van der Waals surface area contributed by atoms with Crippen molar-refractivity contribution >= 4 is 37.9 Å². The lowest BCUT2D eigenvalue weighted by molar-refractivity contribution is -0.120. The minimum atomic E-state index is -4.12. The van der Waals surface area contributed by atoms with Gasteiger partial charge in [-0.15, -0.1) is 0 Å². The molecule has 2 aromatic carbocycles. The number of aromatic nitrogens is 5. The quantitative estimate of drug-likeness (QED) is 0.302. The molecule has 5 rings (SSSR count). The first-order valence-electron chi connectivity index (χ1n) is 12.9. The van der Waals surface area contributed by atoms with Crippen LogP contribution < -0.4 is 10.4 Å². The fourth-order valence-corrected chi connectivity index (χ4v) is 6.38. The van der Waals surface area contributed by atoms with Gasteiger partial charge in [0.25, 0.3) is 10.0 Å². The lowest BCUT2D eigenvalue weighted by Gasteiger charge is -2.18. The zero-order valence-corrected chi connectivity index (χ0v) is 23.3. The minimum absolute atomic E-state index is 0.165. The van der Waals surface area contributed by atoms with Crippen molar-refractivity contribution in [1.29, 1.82) is 0 Å². The van der Waals surface area contributed by atoms with E-state index in [9.17, 15) is 18.0 Å². The van der Waals surface area contributed by atoms with Crippen LogP contribution in [-0.4, -0.2) is 37.6 Å². The summed E-state index contributed by atoms with van der Waals surface area (Å²) >= 11 is 0. The molecule has 0 fully saturated rings. The highest BCUT2D eigenvalue weighted by Gasteiger charge is 2.26. The number of hydrogen-bond donors (Lipinski definition) is 1. The lowest BCUT2D eigenvalue weighted by Crippen LogP contribution is -2.35. The molecule has 0 radical (unpaired) electrons. The molecule has 3 aromatic heterocycles. The monoisotopic (exact) mass is 548 g/mol. The third-order valence-electron chi connectivity index (χ3n) is 7.11. The molecule has 39 heavy (non-hydrogen) atoms. The van der Waals surface area contributed by atoms with Crippen LogP contribution in [0.1, 0.15) is 43.4 Å². The van der Waals surface area contributed by atoms with Gasteiger partial charge in [0.15, 0.2) is 5.03 Å². The normalized spacial score (nSPS) is 12.8. The van der Waals surface area contributed by atoms with E-state index in [0.29, 0.717) is 24.9 Å². The average molecular weight is 549 g/mol. The van der Waals surface area contributed by atoms with Crippen LogP contribution in [0.25, 0.3) is 21.9 Å². The Kier molecular flexibility index (Phi) is 6.94. The summed E-state index contributed by atoms with van der Waals surface area (Å²) in [6.07, 6.45) is 5.80. The number of amides is 1. The maximum atomic E-state index is 14.0. The lowest BCUT2D eigenvalue weighted by atomic mass is 10.1. The van der Waals surface area contributed by atoms with Gasteiger partial charge in [-0.1, -0.05) is 37.6 Å². The second-order valence-corrected chi connectivity index (χ2v) is 11.6. The van der Waals surface area contributed by atoms with Crippen LogP contribution in [0.3, 0.4) is 0 Å². The van der Waals surface area contributed by atoms with Crippen molar-refractivity contribution in [2.45, 2.75) is 50.7 Å². The van der Waals surface area contributed by atoms with Gasteiger partial charge in [0, 0.05) is 49.9 Å². The molecule has 11 heteroatoms. The smallest absolute Gasteiger partial charge is 0.329 e. The molecule has 0 aliphatic rings. The Labute approximate surface area is 226 Å². The number of para-hydroxylation sites is 2. The van der Waals surface area contributed by atoms with Crippen molar-refractivity contribution in [3.63, 3.8) is 0 Å². The fourth-order valence-electron chi connectivity index (χ4n) is 5.40. The SMILES string of the molecule is CCC[C@@H](CC(=O)NS(=O)(=O)c1cn(C)cn1)n1c(=O)n(Cc2cn(C)c3cccc(C)c23)c2ccccc21. The van der Waals surface area contributed by atoms with E-state index in [0.717, 1.165) is 27.5 Å². The summed E-state index contributed by atoms with van der Waals surface area (Å²) in [6.45, 7) is 4.40. The minimum Gasteiger partial charge on any atom is -0.350 e. The van der Waals surface area contributed by atoms with Gasteiger partial charge >= 0.3 is 5.69 Å². The van der Waals surface area contributed by atoms with E-state index >= 15 is 0 Å². The number of nitrogens with zero attached hydrogens (tertiary/aromatic N) is 5. The van der Waals surface area contributed by atoms with E-state index < -0.39 is 22.0 Å². The molecular formula is C28H32N6O4S. The molecule has 0 saturated carbocycles. The summed E-state index contributed by atoms with van der Waals surface area (Å²) in [5, 5.41) is 0.887. The van der Waals surface area contributed by atoms with Crippen molar-refractivity contribution in [3.05, 3.63) is 82.8 Å². The second kappa shape index (κ2) is 10.2. The summed E-state index contributed by atoms with van der Waals surface area (Å²) in [7, 11) is -0.481. The summed E-state index contributed by atoms with van der Waals surface area (Å²) < 4.78 is 34.4. The second-order valence-electron chi connectivity index (χ2n) is 10.0. The summed E-state index contributed by atoms with van der Waals surface area (Å²) in [5.74, 6) is -0.687. The molecule has 1 N–H and O–H groups in total. The Morgan fingerprint density at radius 3 is 2.44 bits per heavy atom. The fraction of sp³-hybridized carbons (Fsp3) is 0.321. The highest BCUT2D eigenvalue weighted by atomic mass is 32.2. The molecule has 3 heterocycles. The Balaban J connectivity index is 1.53. The molecule has 0 aliphatic heterocycles. The number of carbonyl (C=O) groups excluding carboxylic acids is 1. The number of sulfonamides is 1. The molecule has 0 spiro atoms. The molecular weight excluding hydrogens is 516 g/mol. The van der Waals surface area contributed by atoms with Crippen LogP contribution in [0.2, 0.25) is 0 Å². The van der Waals surface area contributed by atoms with Crippen LogP contribution in [0, 0.1) is 6.92 Å². The zero-order chi connectivity index (χ0) is 27.9. The molecule has 5 aromatic rings. The van der Waals surface area contributed by atoms with Crippen molar-refractivity contribution in [1.82, 2.24) is 28.0 Å². The van der Waals surface area contributed by atoms with E-state index in [1.54, 1.807) is 16.2 Å². The number of hydrogen-bond acceptors (Lipinski definition) is 5. The van der Waals surface area contributed by atoms with E-state index in [4.69, 9.17) is 0 Å². The van der Waals surface area contributed by atoms with Gasteiger partial charge < -0.3 is 9.13 Å². The number of rotatable bonds is 9. The van der Waals surface area contributed by atoms with Gasteiger partial charge in [-0.3, -0.25) is 13.9 Å². The number of nitrogens with one attached hydrogen (secondary N) is 1. The predicted octanol–water partition coefficient (Wildman–Crippen LogP) is 3.62. The first-order chi connectivity index (χ1) is 18.6. The molecule has 0 unspecified atom stereocenters. The number of fused-ring (bicyclic) bond motifs is 2. The highest BCUT2D eigenvalue weighted by molar-refractivity contribution is 7.90. The van der Waals surface area contributed by atoms with Gasteiger partial charge in [0.2, 0.25) is 5.91 Å².